The van der Waals surface area contributed by atoms with Gasteiger partial charge in [-0.25, -0.2) is 0 Å². The SMILES string of the molecule is COc1cc(-c2oc3cc(=O)cc(O[C@@H]4O[C@H](CO)[C@@H](O)[C@H](O)[C@H]4O[S+](=O)([O-])O)c-3cc2O[C@@H]2O[C@H](C[OH2+])[C@@H](O)[C@H](O)[C@H]2O)cc(OC)c1O. The third kappa shape index (κ3) is 7.50. The number of fused-ring (bicyclic) bond motifs is 1. The number of aliphatic hydroxyl groups excluding tert-OH is 6. The Hall–Kier alpha value is -3.68. The minimum Gasteiger partial charge on any atom is -0.556 e. The highest BCUT2D eigenvalue weighted by molar-refractivity contribution is 7.87. The fourth-order valence-electron chi connectivity index (χ4n) is 5.40. The maximum absolute atomic E-state index is 12.9. The van der Waals surface area contributed by atoms with E-state index in [1.807, 2.05) is 0 Å². The number of aliphatic hydroxyl groups is 6. The lowest BCUT2D eigenvalue weighted by Crippen LogP contribution is -2.61. The van der Waals surface area contributed by atoms with Crippen molar-refractivity contribution >= 4 is 10.8 Å². The Bertz CT molecular complexity index is 1700. The number of aromatic hydroxyl groups is 1. The first-order valence-corrected chi connectivity index (χ1v) is 16.0. The molecule has 21 heteroatoms. The Morgan fingerprint density at radius 1 is 0.820 bits per heavy atom. The molecule has 0 saturated carbocycles. The van der Waals surface area contributed by atoms with Crippen LogP contribution < -0.4 is 24.4 Å². The maximum atomic E-state index is 12.9. The Labute approximate surface area is 282 Å². The van der Waals surface area contributed by atoms with Gasteiger partial charge in [0.15, 0.2) is 41.1 Å². The van der Waals surface area contributed by atoms with E-state index in [1.165, 1.54) is 32.4 Å². The van der Waals surface area contributed by atoms with E-state index in [0.29, 0.717) is 0 Å². The summed E-state index contributed by atoms with van der Waals surface area (Å²) in [4.78, 5) is 12.9. The Kier molecular flexibility index (Phi) is 11.2. The summed E-state index contributed by atoms with van der Waals surface area (Å²) >= 11 is 0. The molecule has 3 aliphatic heterocycles. The van der Waals surface area contributed by atoms with Crippen molar-refractivity contribution in [2.45, 2.75) is 61.4 Å². The molecule has 0 aromatic heterocycles. The van der Waals surface area contributed by atoms with E-state index in [4.69, 9.17) is 37.9 Å². The van der Waals surface area contributed by atoms with Gasteiger partial charge >= 0.3 is 10.8 Å². The Morgan fingerprint density at radius 3 is 2.00 bits per heavy atom. The summed E-state index contributed by atoms with van der Waals surface area (Å²) < 4.78 is 76.2. The van der Waals surface area contributed by atoms with E-state index in [9.17, 15) is 53.9 Å². The molecule has 2 saturated heterocycles. The van der Waals surface area contributed by atoms with Crippen LogP contribution in [0.25, 0.3) is 22.6 Å². The molecule has 11 atom stereocenters. The van der Waals surface area contributed by atoms with E-state index in [0.717, 1.165) is 12.1 Å². The van der Waals surface area contributed by atoms with Crippen LogP contribution in [0.3, 0.4) is 0 Å². The van der Waals surface area contributed by atoms with Gasteiger partial charge in [0, 0.05) is 17.7 Å². The molecule has 50 heavy (non-hydrogen) atoms. The second-order valence-electron chi connectivity index (χ2n) is 11.2. The zero-order valence-corrected chi connectivity index (χ0v) is 26.9. The lowest BCUT2D eigenvalue weighted by Gasteiger charge is -2.40. The van der Waals surface area contributed by atoms with Crippen molar-refractivity contribution in [1.82, 2.24) is 0 Å². The number of hydrogen-bond donors (Lipinski definition) is 8. The van der Waals surface area contributed by atoms with Gasteiger partial charge in [0.1, 0.15) is 48.1 Å². The summed E-state index contributed by atoms with van der Waals surface area (Å²) in [6, 6.07) is 5.68. The molecule has 20 nitrogen and oxygen atoms in total. The van der Waals surface area contributed by atoms with E-state index in [1.54, 1.807) is 0 Å². The van der Waals surface area contributed by atoms with Crippen LogP contribution in [-0.2, 0) is 28.6 Å². The van der Waals surface area contributed by atoms with Gasteiger partial charge in [-0.1, -0.05) is 0 Å². The van der Waals surface area contributed by atoms with Gasteiger partial charge in [0.2, 0.25) is 24.4 Å². The quantitative estimate of drug-likeness (QED) is 0.0926. The fraction of sp³-hybridized carbons (Fsp3) is 0.483. The molecule has 276 valence electrons. The van der Waals surface area contributed by atoms with Crippen LogP contribution >= 0.6 is 0 Å². The minimum absolute atomic E-state index is 0.0928. The van der Waals surface area contributed by atoms with Crippen molar-refractivity contribution in [1.29, 1.82) is 0 Å². The highest BCUT2D eigenvalue weighted by Gasteiger charge is 2.51. The third-order valence-corrected chi connectivity index (χ3v) is 8.41. The lowest BCUT2D eigenvalue weighted by molar-refractivity contribution is -0.277. The van der Waals surface area contributed by atoms with Gasteiger partial charge in [0.25, 0.3) is 0 Å². The number of benzene rings is 2. The predicted molar refractivity (Wildman–Crippen MR) is 162 cm³/mol. The monoisotopic (exact) mass is 735 g/mol. The van der Waals surface area contributed by atoms with Crippen molar-refractivity contribution in [3.05, 3.63) is 40.6 Å². The molecule has 0 spiro atoms. The molecule has 4 aliphatic rings. The first-order chi connectivity index (χ1) is 23.6. The van der Waals surface area contributed by atoms with Gasteiger partial charge in [0.05, 0.1) is 26.4 Å². The third-order valence-electron chi connectivity index (χ3n) is 7.94. The number of hydrogen-bond acceptors (Lipinski definition) is 18. The Balaban J connectivity index is 1.67. The first kappa shape index (κ1) is 37.6. The summed E-state index contributed by atoms with van der Waals surface area (Å²) in [5.41, 5.74) is -0.782. The predicted octanol–water partition coefficient (Wildman–Crippen LogP) is -2.73. The van der Waals surface area contributed by atoms with E-state index >= 15 is 0 Å². The van der Waals surface area contributed by atoms with Gasteiger partial charge < -0.3 is 78.2 Å². The van der Waals surface area contributed by atoms with E-state index < -0.39 is 96.6 Å². The van der Waals surface area contributed by atoms with Crippen molar-refractivity contribution in [3.8, 4) is 51.4 Å². The second-order valence-corrected chi connectivity index (χ2v) is 12.2. The summed E-state index contributed by atoms with van der Waals surface area (Å²) in [6.45, 7) is -1.43. The molecule has 5 rings (SSSR count). The van der Waals surface area contributed by atoms with E-state index in [2.05, 4.69) is 4.18 Å². The van der Waals surface area contributed by atoms with Gasteiger partial charge in [-0.2, -0.15) is 4.55 Å². The fourth-order valence-corrected chi connectivity index (χ4v) is 5.88. The summed E-state index contributed by atoms with van der Waals surface area (Å²) in [5.74, 6) is -1.77. The van der Waals surface area contributed by atoms with E-state index in [-0.39, 0.29) is 45.6 Å². The zero-order valence-electron chi connectivity index (χ0n) is 26.1. The van der Waals surface area contributed by atoms with Crippen LogP contribution in [0.2, 0.25) is 0 Å². The average molecular weight is 736 g/mol. The maximum Gasteiger partial charge on any atom is 0.334 e. The van der Waals surface area contributed by atoms with Crippen molar-refractivity contribution in [2.75, 3.05) is 27.4 Å². The number of methoxy groups -OCH3 is 2. The Morgan fingerprint density at radius 2 is 1.42 bits per heavy atom. The highest BCUT2D eigenvalue weighted by Crippen LogP contribution is 2.46. The number of phenols is 1. The molecular weight excluding hydrogens is 700 g/mol. The standard InChI is InChI=1S/C29H34O20S/c1-42-15-3-10(4-16(43-2)20(15)33)26-17(46-28-25(38)23(36)21(34)18(8-30)47-28)7-12-13(44-26)5-11(32)6-14(12)45-29-27(49-50(39,40)41)24(37)22(35)19(9-31)48-29/h3-7,18-19,21-25,27-31,34-38H,8-9H2,1-2H3,(H2-,32,33,39,40,41)/p+1/t18-,19-,21-,22-,23+,24+,25-,27-,28-,29-/m1/s1. The van der Waals surface area contributed by atoms with Crippen molar-refractivity contribution < 1.29 is 91.2 Å². The van der Waals surface area contributed by atoms with Crippen LogP contribution in [0.1, 0.15) is 0 Å². The van der Waals surface area contributed by atoms with Crippen LogP contribution in [0.5, 0.6) is 28.7 Å². The number of rotatable bonds is 11. The molecule has 10 N–H and O–H groups in total. The zero-order chi connectivity index (χ0) is 36.7. The van der Waals surface area contributed by atoms with Crippen LogP contribution in [0.4, 0.5) is 0 Å². The first-order valence-electron chi connectivity index (χ1n) is 14.6. The summed E-state index contributed by atoms with van der Waals surface area (Å²) in [6.07, 6.45) is -18.1. The van der Waals surface area contributed by atoms with Gasteiger partial charge in [-0.05, 0) is 22.4 Å². The molecule has 3 heterocycles. The molecular formula is C29H35O20S+. The van der Waals surface area contributed by atoms with Crippen LogP contribution in [-0.4, -0.2) is 139 Å². The molecule has 1 aromatic carbocycles. The molecule has 0 bridgehead atoms. The molecule has 0 radical (unpaired) electrons. The average Bonchev–Trinajstić information content (AvgIpc) is 3.07. The minimum atomic E-state index is -5.30. The topological polar surface area (TPSA) is 320 Å². The summed E-state index contributed by atoms with van der Waals surface area (Å²) in [5, 5.41) is 80.1. The van der Waals surface area contributed by atoms with Crippen LogP contribution in [0, 0.1) is 0 Å². The van der Waals surface area contributed by atoms with Gasteiger partial charge in [-0.3, -0.25) is 4.79 Å². The second kappa shape index (κ2) is 14.9. The van der Waals surface area contributed by atoms with Crippen molar-refractivity contribution in [3.63, 3.8) is 0 Å². The normalized spacial score (nSPS) is 31.2. The molecule has 2 fully saturated rings. The van der Waals surface area contributed by atoms with Crippen molar-refractivity contribution in [2.24, 2.45) is 0 Å². The van der Waals surface area contributed by atoms with Crippen LogP contribution in [0.15, 0.2) is 39.5 Å². The molecule has 1 aliphatic carbocycles. The largest absolute Gasteiger partial charge is 0.556 e. The highest BCUT2D eigenvalue weighted by atomic mass is 32.3. The molecule has 1 unspecified atom stereocenters. The smallest absolute Gasteiger partial charge is 0.334 e. The number of ether oxygens (including phenoxy) is 6. The summed E-state index contributed by atoms with van der Waals surface area (Å²) in [7, 11) is -2.79. The lowest BCUT2D eigenvalue weighted by atomic mass is 9.99. The molecule has 1 aromatic rings. The number of phenolic OH excluding ortho intramolecular Hbond substituents is 1. The molecule has 0 amide bonds. The van der Waals surface area contributed by atoms with Gasteiger partial charge in [-0.15, -0.1) is 4.18 Å².